The molecule has 2 aliphatic heterocycles. The smallest absolute Gasteiger partial charge is 0.388 e. The van der Waals surface area contributed by atoms with Crippen LogP contribution >= 0.6 is 0 Å². The molecule has 8 nitrogen and oxygen atoms in total. The van der Waals surface area contributed by atoms with E-state index in [0.29, 0.717) is 35.5 Å². The molecule has 10 heteroatoms. The van der Waals surface area contributed by atoms with Crippen molar-refractivity contribution in [3.05, 3.63) is 18.5 Å². The summed E-state index contributed by atoms with van der Waals surface area (Å²) in [7, 11) is 0. The zero-order valence-electron chi connectivity index (χ0n) is 14.2. The molecule has 2 fully saturated rings. The van der Waals surface area contributed by atoms with Crippen molar-refractivity contribution in [3.8, 4) is 11.8 Å². The summed E-state index contributed by atoms with van der Waals surface area (Å²) in [6.45, 7) is -0.727. The van der Waals surface area contributed by atoms with Gasteiger partial charge in [0.1, 0.15) is 6.10 Å². The predicted octanol–water partition coefficient (Wildman–Crippen LogP) is 2.45. The number of hydrogen-bond donors (Lipinski definition) is 3. The first kappa shape index (κ1) is 17.0. The Morgan fingerprint density at radius 2 is 2.15 bits per heavy atom. The van der Waals surface area contributed by atoms with Gasteiger partial charge < -0.3 is 20.1 Å². The quantitative estimate of drug-likeness (QED) is 0.722. The van der Waals surface area contributed by atoms with Gasteiger partial charge in [0, 0.05) is 24.1 Å². The molecule has 2 aromatic rings. The Morgan fingerprint density at radius 1 is 1.27 bits per heavy atom. The second-order valence-electron chi connectivity index (χ2n) is 6.66. The van der Waals surface area contributed by atoms with E-state index in [2.05, 4.69) is 42.5 Å². The minimum atomic E-state index is -2.91. The third-order valence-corrected chi connectivity index (χ3v) is 4.92. The van der Waals surface area contributed by atoms with E-state index >= 15 is 0 Å². The van der Waals surface area contributed by atoms with E-state index < -0.39 is 6.61 Å². The molecule has 4 heterocycles. The number of ether oxygens (including phenoxy) is 2. The van der Waals surface area contributed by atoms with Crippen LogP contribution in [-0.2, 0) is 0 Å². The van der Waals surface area contributed by atoms with Crippen LogP contribution in [0.5, 0.6) is 11.8 Å². The lowest BCUT2D eigenvalue weighted by atomic mass is 9.91. The molecule has 2 bridgehead atoms. The van der Waals surface area contributed by atoms with Gasteiger partial charge in [0.2, 0.25) is 11.8 Å². The zero-order valence-corrected chi connectivity index (χ0v) is 14.2. The fourth-order valence-electron chi connectivity index (χ4n) is 3.64. The highest BCUT2D eigenvalue weighted by Gasteiger charge is 2.40. The topological polar surface area (TPSA) is 97.0 Å². The second-order valence-corrected chi connectivity index (χ2v) is 6.66. The fraction of sp³-hybridized carbons (Fsp3) is 0.562. The number of nitrogens with zero attached hydrogens (tertiary/aromatic N) is 3. The molecule has 140 valence electrons. The molecule has 0 saturated carbocycles. The average Bonchev–Trinajstić information content (AvgIpc) is 3.20. The molecule has 0 aliphatic carbocycles. The number of nitrogens with one attached hydrogen (secondary N) is 3. The molecule has 0 radical (unpaired) electrons. The highest BCUT2D eigenvalue weighted by molar-refractivity contribution is 5.52. The highest BCUT2D eigenvalue weighted by atomic mass is 19.3. The summed E-state index contributed by atoms with van der Waals surface area (Å²) in [6.07, 6.45) is 6.48. The highest BCUT2D eigenvalue weighted by Crippen LogP contribution is 2.33. The monoisotopic (exact) mass is 366 g/mol. The van der Waals surface area contributed by atoms with Crippen molar-refractivity contribution in [1.82, 2.24) is 25.5 Å². The van der Waals surface area contributed by atoms with Crippen LogP contribution in [0.4, 0.5) is 20.4 Å². The first-order valence-corrected chi connectivity index (χ1v) is 8.59. The van der Waals surface area contributed by atoms with E-state index in [4.69, 9.17) is 4.74 Å². The lowest BCUT2D eigenvalue weighted by molar-refractivity contribution is -0.0528. The van der Waals surface area contributed by atoms with Crippen LogP contribution in [0.1, 0.15) is 26.2 Å². The SMILES string of the molecule is C[C@@H]1[C@@H](Oc2cncc(Nc3cc(OC(F)F)[nH]n3)n2)C[C@@H]2CC[C@H]1N2. The number of piperidine rings is 1. The molecular formula is C16H20F2N6O2. The van der Waals surface area contributed by atoms with E-state index in [1.807, 2.05) is 0 Å². The molecule has 2 aliphatic rings. The molecule has 0 amide bonds. The van der Waals surface area contributed by atoms with E-state index in [-0.39, 0.29) is 12.0 Å². The maximum atomic E-state index is 12.2. The van der Waals surface area contributed by atoms with Gasteiger partial charge in [-0.15, -0.1) is 0 Å². The predicted molar refractivity (Wildman–Crippen MR) is 88.7 cm³/mol. The van der Waals surface area contributed by atoms with Crippen LogP contribution in [0, 0.1) is 5.92 Å². The molecule has 0 aromatic carbocycles. The molecule has 3 N–H and O–H groups in total. The van der Waals surface area contributed by atoms with Crippen LogP contribution in [0.3, 0.4) is 0 Å². The number of anilines is 2. The number of alkyl halides is 2. The van der Waals surface area contributed by atoms with Gasteiger partial charge in [-0.1, -0.05) is 6.92 Å². The molecule has 2 aromatic heterocycles. The number of aromatic nitrogens is 4. The number of rotatable bonds is 6. The largest absolute Gasteiger partial charge is 0.473 e. The third kappa shape index (κ3) is 3.69. The van der Waals surface area contributed by atoms with Crippen molar-refractivity contribution >= 4 is 11.6 Å². The van der Waals surface area contributed by atoms with E-state index in [1.165, 1.54) is 25.1 Å². The Bertz CT molecular complexity index is 758. The normalized spacial score (nSPS) is 27.5. The van der Waals surface area contributed by atoms with E-state index in [0.717, 1.165) is 6.42 Å². The van der Waals surface area contributed by atoms with Crippen LogP contribution in [0.25, 0.3) is 0 Å². The number of fused-ring (bicyclic) bond motifs is 2. The maximum Gasteiger partial charge on any atom is 0.388 e. The number of halogens is 2. The Hall–Kier alpha value is -2.49. The minimum Gasteiger partial charge on any atom is -0.473 e. The maximum absolute atomic E-state index is 12.2. The Morgan fingerprint density at radius 3 is 3.00 bits per heavy atom. The summed E-state index contributed by atoms with van der Waals surface area (Å²) in [4.78, 5) is 8.50. The average molecular weight is 366 g/mol. The van der Waals surface area contributed by atoms with Crippen LogP contribution in [-0.4, -0.2) is 45.0 Å². The van der Waals surface area contributed by atoms with Crippen molar-refractivity contribution < 1.29 is 18.3 Å². The van der Waals surface area contributed by atoms with Crippen molar-refractivity contribution in [2.45, 2.75) is 51.0 Å². The van der Waals surface area contributed by atoms with E-state index in [1.54, 1.807) is 6.20 Å². The van der Waals surface area contributed by atoms with Crippen molar-refractivity contribution in [2.24, 2.45) is 5.92 Å². The van der Waals surface area contributed by atoms with E-state index in [9.17, 15) is 8.78 Å². The number of aromatic amines is 1. The van der Waals surface area contributed by atoms with Gasteiger partial charge in [-0.25, -0.2) is 5.10 Å². The lowest BCUT2D eigenvalue weighted by Gasteiger charge is -2.35. The fourth-order valence-corrected chi connectivity index (χ4v) is 3.64. The summed E-state index contributed by atoms with van der Waals surface area (Å²) in [6, 6.07) is 2.31. The van der Waals surface area contributed by atoms with Gasteiger partial charge >= 0.3 is 6.61 Å². The third-order valence-electron chi connectivity index (χ3n) is 4.92. The van der Waals surface area contributed by atoms with Gasteiger partial charge in [0.25, 0.3) is 0 Å². The number of H-pyrrole nitrogens is 1. The summed E-state index contributed by atoms with van der Waals surface area (Å²) in [5, 5.41) is 12.7. The van der Waals surface area contributed by atoms with Crippen LogP contribution in [0.15, 0.2) is 18.5 Å². The molecule has 0 spiro atoms. The molecular weight excluding hydrogens is 346 g/mol. The van der Waals surface area contributed by atoms with Gasteiger partial charge in [-0.05, 0) is 19.3 Å². The summed E-state index contributed by atoms with van der Waals surface area (Å²) < 4.78 is 34.7. The molecule has 0 unspecified atom stereocenters. The van der Waals surface area contributed by atoms with Crippen molar-refractivity contribution in [1.29, 1.82) is 0 Å². The Balaban J connectivity index is 1.41. The lowest BCUT2D eigenvalue weighted by Crippen LogP contribution is -2.49. The Kier molecular flexibility index (Phi) is 4.58. The summed E-state index contributed by atoms with van der Waals surface area (Å²) >= 11 is 0. The standard InChI is InChI=1S/C16H20F2N6O2/c1-8-10-3-2-9(20-10)4-11(8)25-15-7-19-6-13(22-15)21-12-5-14(24-23-12)26-16(17)18/h5-11,16,20H,2-4H2,1H3,(H2,21,22,23,24)/t8-,9-,10+,11-/m0/s1. The van der Waals surface area contributed by atoms with Crippen LogP contribution in [0.2, 0.25) is 0 Å². The van der Waals surface area contributed by atoms with Gasteiger partial charge in [0.05, 0.1) is 12.4 Å². The Labute approximate surface area is 148 Å². The second kappa shape index (κ2) is 7.02. The van der Waals surface area contributed by atoms with Crippen LogP contribution < -0.4 is 20.1 Å². The van der Waals surface area contributed by atoms with Crippen molar-refractivity contribution in [2.75, 3.05) is 5.32 Å². The van der Waals surface area contributed by atoms with Crippen molar-refractivity contribution in [3.63, 3.8) is 0 Å². The number of hydrogen-bond acceptors (Lipinski definition) is 7. The van der Waals surface area contributed by atoms with Gasteiger partial charge in [-0.3, -0.25) is 4.98 Å². The first-order valence-electron chi connectivity index (χ1n) is 8.59. The molecule has 26 heavy (non-hydrogen) atoms. The van der Waals surface area contributed by atoms with Gasteiger partial charge in [-0.2, -0.15) is 18.9 Å². The molecule has 4 atom stereocenters. The minimum absolute atomic E-state index is 0.0923. The zero-order chi connectivity index (χ0) is 18.1. The van der Waals surface area contributed by atoms with Gasteiger partial charge in [0.15, 0.2) is 11.6 Å². The summed E-state index contributed by atoms with van der Waals surface area (Å²) in [5.74, 6) is 1.38. The molecule has 4 rings (SSSR count). The summed E-state index contributed by atoms with van der Waals surface area (Å²) in [5.41, 5.74) is 0. The molecule has 2 saturated heterocycles. The first-order chi connectivity index (χ1) is 12.6.